The normalized spacial score (nSPS) is 13.7. The van der Waals surface area contributed by atoms with Crippen LogP contribution in [0.25, 0.3) is 0 Å². The van der Waals surface area contributed by atoms with E-state index >= 15 is 0 Å². The summed E-state index contributed by atoms with van der Waals surface area (Å²) in [7, 11) is 0. The Labute approximate surface area is 124 Å². The molecule has 0 aliphatic heterocycles. The van der Waals surface area contributed by atoms with Gasteiger partial charge in [-0.2, -0.15) is 0 Å². The third kappa shape index (κ3) is 5.18. The Morgan fingerprint density at radius 1 is 1.25 bits per heavy atom. The first kappa shape index (κ1) is 16.5. The molecule has 20 heavy (non-hydrogen) atoms. The molecule has 0 heterocycles. The first-order valence-electron chi connectivity index (χ1n) is 7.36. The van der Waals surface area contributed by atoms with Gasteiger partial charge in [0.05, 0.1) is 0 Å². The highest BCUT2D eigenvalue weighted by molar-refractivity contribution is 5.31. The number of aryl methyl sites for hydroxylation is 2. The van der Waals surface area contributed by atoms with Crippen molar-refractivity contribution in [3.05, 3.63) is 71.3 Å². The van der Waals surface area contributed by atoms with Crippen LogP contribution in [0.5, 0.6) is 0 Å². The Hall–Kier alpha value is -1.60. The van der Waals surface area contributed by atoms with Gasteiger partial charge in [0.25, 0.3) is 0 Å². The monoisotopic (exact) mass is 269 g/mol. The molecule has 0 saturated carbocycles. The molecule has 0 fully saturated rings. The van der Waals surface area contributed by atoms with Crippen LogP contribution in [0.2, 0.25) is 0 Å². The molecule has 1 nitrogen and oxygen atoms in total. The van der Waals surface area contributed by atoms with Crippen molar-refractivity contribution < 1.29 is 0 Å². The highest BCUT2D eigenvalue weighted by Gasteiger charge is 2.09. The summed E-state index contributed by atoms with van der Waals surface area (Å²) < 4.78 is 0. The van der Waals surface area contributed by atoms with Crippen LogP contribution in [0.1, 0.15) is 43.0 Å². The Morgan fingerprint density at radius 2 is 1.90 bits per heavy atom. The predicted octanol–water partition coefficient (Wildman–Crippen LogP) is 5.03. The summed E-state index contributed by atoms with van der Waals surface area (Å²) in [6, 6.07) is 7.17. The molecule has 1 atom stereocenters. The minimum atomic E-state index is 0.395. The number of rotatable bonds is 7. The highest BCUT2D eigenvalue weighted by atomic mass is 14.9. The topological polar surface area (TPSA) is 12.0 Å². The first-order valence-corrected chi connectivity index (χ1v) is 7.36. The minimum Gasteiger partial charge on any atom is -0.306 e. The molecular formula is C19H27N. The van der Waals surface area contributed by atoms with Crippen LogP contribution in [0.3, 0.4) is 0 Å². The van der Waals surface area contributed by atoms with Crippen LogP contribution in [-0.4, -0.2) is 6.54 Å². The summed E-state index contributed by atoms with van der Waals surface area (Å²) in [5, 5.41) is 3.64. The van der Waals surface area contributed by atoms with E-state index in [1.807, 2.05) is 13.0 Å². The number of hydrogen-bond acceptors (Lipinski definition) is 1. The average molecular weight is 269 g/mol. The van der Waals surface area contributed by atoms with E-state index in [1.165, 1.54) is 22.3 Å². The third-order valence-corrected chi connectivity index (χ3v) is 3.32. The molecule has 1 unspecified atom stereocenters. The molecule has 0 spiro atoms. The fraction of sp³-hybridized carbons (Fsp3) is 0.368. The minimum absolute atomic E-state index is 0.395. The molecule has 1 rings (SSSR count). The van der Waals surface area contributed by atoms with Crippen molar-refractivity contribution in [1.82, 2.24) is 5.32 Å². The molecule has 0 amide bonds. The van der Waals surface area contributed by atoms with Gasteiger partial charge >= 0.3 is 0 Å². The van der Waals surface area contributed by atoms with Crippen molar-refractivity contribution >= 4 is 0 Å². The summed E-state index contributed by atoms with van der Waals surface area (Å²) in [6.07, 6.45) is 9.17. The SMILES string of the molecule is C=C/C=C(\C=C/C)CNC(CC)c1cc(C)cc(C)c1. The smallest absolute Gasteiger partial charge is 0.0320 e. The second-order valence-electron chi connectivity index (χ2n) is 5.24. The van der Waals surface area contributed by atoms with E-state index in [9.17, 15) is 0 Å². The lowest BCUT2D eigenvalue weighted by Crippen LogP contribution is -2.23. The number of allylic oxidation sites excluding steroid dienone is 3. The molecule has 108 valence electrons. The van der Waals surface area contributed by atoms with Crippen LogP contribution >= 0.6 is 0 Å². The van der Waals surface area contributed by atoms with Gasteiger partial charge in [-0.3, -0.25) is 0 Å². The molecule has 0 aliphatic carbocycles. The maximum atomic E-state index is 3.77. The number of nitrogens with one attached hydrogen (secondary N) is 1. The fourth-order valence-electron chi connectivity index (χ4n) is 2.49. The van der Waals surface area contributed by atoms with Crippen LogP contribution in [0.15, 0.2) is 54.7 Å². The van der Waals surface area contributed by atoms with Crippen molar-refractivity contribution in [3.8, 4) is 0 Å². The first-order chi connectivity index (χ1) is 9.60. The van der Waals surface area contributed by atoms with E-state index in [0.717, 1.165) is 13.0 Å². The molecule has 0 saturated heterocycles. The summed E-state index contributed by atoms with van der Waals surface area (Å²) in [5.74, 6) is 0. The summed E-state index contributed by atoms with van der Waals surface area (Å²) in [4.78, 5) is 0. The van der Waals surface area contributed by atoms with Gasteiger partial charge in [0.2, 0.25) is 0 Å². The van der Waals surface area contributed by atoms with Gasteiger partial charge in [0.1, 0.15) is 0 Å². The largest absolute Gasteiger partial charge is 0.306 e. The Kier molecular flexibility index (Phi) is 7.03. The maximum absolute atomic E-state index is 3.77. The lowest BCUT2D eigenvalue weighted by atomic mass is 9.99. The molecule has 0 aliphatic rings. The molecule has 1 aromatic rings. The highest BCUT2D eigenvalue weighted by Crippen LogP contribution is 2.20. The second-order valence-corrected chi connectivity index (χ2v) is 5.24. The number of benzene rings is 1. The molecule has 0 bridgehead atoms. The van der Waals surface area contributed by atoms with Crippen molar-refractivity contribution in [3.63, 3.8) is 0 Å². The third-order valence-electron chi connectivity index (χ3n) is 3.32. The zero-order valence-corrected chi connectivity index (χ0v) is 13.2. The second kappa shape index (κ2) is 8.55. The van der Waals surface area contributed by atoms with Crippen molar-refractivity contribution in [2.75, 3.05) is 6.54 Å². The van der Waals surface area contributed by atoms with Gasteiger partial charge in [-0.25, -0.2) is 0 Å². The summed E-state index contributed by atoms with van der Waals surface area (Å²) in [5.41, 5.74) is 5.29. The summed E-state index contributed by atoms with van der Waals surface area (Å²) >= 11 is 0. The van der Waals surface area contributed by atoms with Crippen molar-refractivity contribution in [2.24, 2.45) is 0 Å². The van der Waals surface area contributed by atoms with Gasteiger partial charge in [0, 0.05) is 12.6 Å². The van der Waals surface area contributed by atoms with Gasteiger partial charge in [-0.15, -0.1) is 0 Å². The van der Waals surface area contributed by atoms with Crippen LogP contribution < -0.4 is 5.32 Å². The maximum Gasteiger partial charge on any atom is 0.0320 e. The Bertz CT molecular complexity index is 474. The molecule has 0 aromatic heterocycles. The van der Waals surface area contributed by atoms with Crippen molar-refractivity contribution in [1.29, 1.82) is 0 Å². The quantitative estimate of drug-likeness (QED) is 0.684. The molecule has 1 heteroatoms. The Morgan fingerprint density at radius 3 is 2.40 bits per heavy atom. The van der Waals surface area contributed by atoms with E-state index in [0.29, 0.717) is 6.04 Å². The molecule has 1 aromatic carbocycles. The van der Waals surface area contributed by atoms with E-state index in [2.05, 4.69) is 69.1 Å². The average Bonchev–Trinajstić information content (AvgIpc) is 2.38. The zero-order chi connectivity index (χ0) is 15.0. The van der Waals surface area contributed by atoms with E-state index in [1.54, 1.807) is 0 Å². The zero-order valence-electron chi connectivity index (χ0n) is 13.2. The van der Waals surface area contributed by atoms with Gasteiger partial charge in [-0.1, -0.05) is 67.1 Å². The van der Waals surface area contributed by atoms with Gasteiger partial charge < -0.3 is 5.32 Å². The summed E-state index contributed by atoms with van der Waals surface area (Å²) in [6.45, 7) is 13.2. The van der Waals surface area contributed by atoms with Crippen LogP contribution in [0, 0.1) is 13.8 Å². The standard InChI is InChI=1S/C19H27N/c1-6-9-17(10-7-2)14-20-19(8-3)18-12-15(4)11-16(5)13-18/h6-7,9-13,19-20H,1,8,14H2,2-5H3/b10-7-,17-9+. The Balaban J connectivity index is 2.81. The fourth-order valence-corrected chi connectivity index (χ4v) is 2.49. The van der Waals surface area contributed by atoms with Crippen molar-refractivity contribution in [2.45, 2.75) is 40.2 Å². The van der Waals surface area contributed by atoms with E-state index in [-0.39, 0.29) is 0 Å². The van der Waals surface area contributed by atoms with E-state index < -0.39 is 0 Å². The molecule has 1 N–H and O–H groups in total. The lowest BCUT2D eigenvalue weighted by molar-refractivity contribution is 0.546. The van der Waals surface area contributed by atoms with Crippen LogP contribution in [-0.2, 0) is 0 Å². The molecule has 0 radical (unpaired) electrons. The lowest BCUT2D eigenvalue weighted by Gasteiger charge is -2.19. The molecular weight excluding hydrogens is 242 g/mol. The number of hydrogen-bond donors (Lipinski definition) is 1. The van der Waals surface area contributed by atoms with E-state index in [4.69, 9.17) is 0 Å². The predicted molar refractivity (Wildman–Crippen MR) is 90.0 cm³/mol. The van der Waals surface area contributed by atoms with Gasteiger partial charge in [0.15, 0.2) is 0 Å². The van der Waals surface area contributed by atoms with Gasteiger partial charge in [-0.05, 0) is 38.3 Å². The van der Waals surface area contributed by atoms with Crippen LogP contribution in [0.4, 0.5) is 0 Å².